The van der Waals surface area contributed by atoms with Crippen LogP contribution in [0.3, 0.4) is 0 Å². The van der Waals surface area contributed by atoms with Gasteiger partial charge in [-0.1, -0.05) is 19.0 Å². The molecule has 36 heavy (non-hydrogen) atoms. The van der Waals surface area contributed by atoms with E-state index in [1.54, 1.807) is 22.6 Å². The Morgan fingerprint density at radius 1 is 1.03 bits per heavy atom. The lowest BCUT2D eigenvalue weighted by atomic mass is 10.1. The van der Waals surface area contributed by atoms with Gasteiger partial charge >= 0.3 is 5.69 Å². The van der Waals surface area contributed by atoms with Crippen molar-refractivity contribution in [2.75, 3.05) is 7.11 Å². The average Bonchev–Trinajstić information content (AvgIpc) is 3.65. The fourth-order valence-electron chi connectivity index (χ4n) is 4.17. The summed E-state index contributed by atoms with van der Waals surface area (Å²) in [5.41, 5.74) is 2.29. The van der Waals surface area contributed by atoms with E-state index in [1.165, 1.54) is 4.57 Å². The number of rotatable bonds is 9. The number of hydrogen-bond acceptors (Lipinski definition) is 7. The second kappa shape index (κ2) is 9.68. The molecule has 0 fully saturated rings. The number of nitrogens with zero attached hydrogens (tertiary/aromatic N) is 6. The third kappa shape index (κ3) is 4.23. The molecule has 5 aromatic rings. The largest absolute Gasteiger partial charge is 0.497 e. The van der Waals surface area contributed by atoms with Gasteiger partial charge in [0.05, 0.1) is 25.4 Å². The third-order valence-corrected chi connectivity index (χ3v) is 5.92. The van der Waals surface area contributed by atoms with Crippen LogP contribution < -0.4 is 16.0 Å². The van der Waals surface area contributed by atoms with Crippen LogP contribution in [0.1, 0.15) is 32.4 Å². The Hall–Kier alpha value is -4.41. The van der Waals surface area contributed by atoms with Crippen molar-refractivity contribution in [3.05, 3.63) is 69.3 Å². The Balaban J connectivity index is 1.43. The van der Waals surface area contributed by atoms with Crippen LogP contribution in [0.4, 0.5) is 0 Å². The summed E-state index contributed by atoms with van der Waals surface area (Å²) in [5, 5.41) is 8.57. The van der Waals surface area contributed by atoms with Gasteiger partial charge in [-0.15, -0.1) is 0 Å². The first kappa shape index (κ1) is 23.3. The number of nitrogens with one attached hydrogen (secondary N) is 1. The van der Waals surface area contributed by atoms with Crippen molar-refractivity contribution in [1.82, 2.24) is 34.0 Å². The molecule has 5 rings (SSSR count). The van der Waals surface area contributed by atoms with Gasteiger partial charge in [0, 0.05) is 30.9 Å². The van der Waals surface area contributed by atoms with Crippen LogP contribution in [0.15, 0.2) is 56.8 Å². The van der Waals surface area contributed by atoms with Crippen molar-refractivity contribution in [3.63, 3.8) is 0 Å². The highest BCUT2D eigenvalue weighted by Gasteiger charge is 2.18. The molecule has 1 N–H and O–H groups in total. The van der Waals surface area contributed by atoms with Gasteiger partial charge in [-0.2, -0.15) is 5.10 Å². The van der Waals surface area contributed by atoms with Crippen LogP contribution in [0, 0.1) is 0 Å². The number of imidazole rings is 1. The number of aromatic nitrogens is 7. The predicted molar refractivity (Wildman–Crippen MR) is 134 cm³/mol. The first-order valence-corrected chi connectivity index (χ1v) is 11.9. The van der Waals surface area contributed by atoms with E-state index in [-0.39, 0.29) is 11.2 Å². The molecule has 0 aliphatic carbocycles. The van der Waals surface area contributed by atoms with Crippen LogP contribution >= 0.6 is 0 Å². The van der Waals surface area contributed by atoms with Crippen molar-refractivity contribution < 1.29 is 9.26 Å². The number of ether oxygens (including phenoxy) is 1. The zero-order chi connectivity index (χ0) is 25.2. The summed E-state index contributed by atoms with van der Waals surface area (Å²) in [4.78, 5) is 33.6. The van der Waals surface area contributed by atoms with Gasteiger partial charge in [0.2, 0.25) is 0 Å². The van der Waals surface area contributed by atoms with Crippen molar-refractivity contribution >= 4 is 11.2 Å². The van der Waals surface area contributed by atoms with Crippen molar-refractivity contribution in [2.24, 2.45) is 0 Å². The van der Waals surface area contributed by atoms with Crippen LogP contribution in [0.2, 0.25) is 0 Å². The van der Waals surface area contributed by atoms with Crippen molar-refractivity contribution in [3.8, 4) is 28.5 Å². The molecule has 0 spiro atoms. The maximum atomic E-state index is 13.0. The van der Waals surface area contributed by atoms with E-state index in [9.17, 15) is 9.59 Å². The topological polar surface area (TPSA) is 126 Å². The minimum absolute atomic E-state index is 0.319. The molecule has 4 heterocycles. The van der Waals surface area contributed by atoms with E-state index in [1.807, 2.05) is 50.4 Å². The average molecular weight is 490 g/mol. The van der Waals surface area contributed by atoms with Gasteiger partial charge < -0.3 is 14.2 Å². The number of hydrogen-bond donors (Lipinski definition) is 1. The number of fused-ring (bicyclic) bond motifs is 1. The van der Waals surface area contributed by atoms with E-state index in [4.69, 9.17) is 9.26 Å². The molecule has 4 aromatic heterocycles. The lowest BCUT2D eigenvalue weighted by molar-refractivity contribution is 0.413. The predicted octanol–water partition coefficient (Wildman–Crippen LogP) is 3.28. The Labute approximate surface area is 206 Å². The number of H-pyrrole nitrogens is 1. The second-order valence-corrected chi connectivity index (χ2v) is 8.51. The van der Waals surface area contributed by atoms with Gasteiger partial charge in [-0.3, -0.25) is 18.6 Å². The molecule has 1 aromatic carbocycles. The maximum absolute atomic E-state index is 13.0. The zero-order valence-corrected chi connectivity index (χ0v) is 20.4. The van der Waals surface area contributed by atoms with Crippen molar-refractivity contribution in [2.45, 2.75) is 46.3 Å². The standard InChI is InChI=1S/C25H27N7O4/c1-4-10-31-23-21(24(33)32(11-5-2)25(31)34)27-22(28-23)17-13-26-30(14-17)15-18-12-20(36-29-18)16-6-8-19(35-3)9-7-16/h6-9,12-14H,4-5,10-11,15H2,1-3H3,(H,27,28). The molecule has 0 saturated carbocycles. The smallest absolute Gasteiger partial charge is 0.332 e. The summed E-state index contributed by atoms with van der Waals surface area (Å²) in [6.45, 7) is 5.14. The molecule has 0 aliphatic rings. The van der Waals surface area contributed by atoms with E-state index in [0.29, 0.717) is 60.1 Å². The van der Waals surface area contributed by atoms with Crippen LogP contribution in [-0.2, 0) is 19.6 Å². The molecule has 0 aliphatic heterocycles. The minimum atomic E-state index is -0.357. The Morgan fingerprint density at radius 2 is 1.78 bits per heavy atom. The fourth-order valence-corrected chi connectivity index (χ4v) is 4.17. The first-order chi connectivity index (χ1) is 17.5. The monoisotopic (exact) mass is 489 g/mol. The highest BCUT2D eigenvalue weighted by atomic mass is 16.5. The van der Waals surface area contributed by atoms with Crippen LogP contribution in [0.25, 0.3) is 33.9 Å². The molecule has 186 valence electrons. The summed E-state index contributed by atoms with van der Waals surface area (Å²) < 4.78 is 15.2. The van der Waals surface area contributed by atoms with Gasteiger partial charge in [0.1, 0.15) is 22.8 Å². The first-order valence-electron chi connectivity index (χ1n) is 11.9. The van der Waals surface area contributed by atoms with E-state index >= 15 is 0 Å². The lowest BCUT2D eigenvalue weighted by Gasteiger charge is -2.09. The zero-order valence-electron chi connectivity index (χ0n) is 20.4. The summed E-state index contributed by atoms with van der Waals surface area (Å²) in [5.74, 6) is 1.89. The SMILES string of the molecule is CCCn1c(=O)c2[nH]c(-c3cnn(Cc4cc(-c5ccc(OC)cc5)on4)c3)nc2n(CCC)c1=O. The third-order valence-electron chi connectivity index (χ3n) is 5.92. The Morgan fingerprint density at radius 3 is 2.50 bits per heavy atom. The number of aryl methyl sites for hydroxylation is 1. The molecule has 0 amide bonds. The number of aromatic amines is 1. The molecule has 11 nitrogen and oxygen atoms in total. The van der Waals surface area contributed by atoms with Crippen LogP contribution in [0.5, 0.6) is 5.75 Å². The molecule has 0 atom stereocenters. The molecule has 11 heteroatoms. The van der Waals surface area contributed by atoms with Crippen molar-refractivity contribution in [1.29, 1.82) is 0 Å². The quantitative estimate of drug-likeness (QED) is 0.337. The Bertz CT molecular complexity index is 1620. The fraction of sp³-hybridized carbons (Fsp3) is 0.320. The highest BCUT2D eigenvalue weighted by molar-refractivity contribution is 5.75. The summed E-state index contributed by atoms with van der Waals surface area (Å²) >= 11 is 0. The lowest BCUT2D eigenvalue weighted by Crippen LogP contribution is -2.40. The minimum Gasteiger partial charge on any atom is -0.497 e. The molecule has 0 unspecified atom stereocenters. The van der Waals surface area contributed by atoms with Gasteiger partial charge in [0.25, 0.3) is 5.56 Å². The highest BCUT2D eigenvalue weighted by Crippen LogP contribution is 2.24. The maximum Gasteiger partial charge on any atom is 0.332 e. The van der Waals surface area contributed by atoms with E-state index < -0.39 is 0 Å². The molecule has 0 bridgehead atoms. The number of methoxy groups -OCH3 is 1. The number of benzene rings is 1. The summed E-state index contributed by atoms with van der Waals surface area (Å²) in [7, 11) is 1.62. The Kier molecular flexibility index (Phi) is 6.28. The normalized spacial score (nSPS) is 11.4. The molecule has 0 saturated heterocycles. The molecule has 0 radical (unpaired) electrons. The second-order valence-electron chi connectivity index (χ2n) is 8.51. The van der Waals surface area contributed by atoms with Gasteiger partial charge in [-0.05, 0) is 37.1 Å². The summed E-state index contributed by atoms with van der Waals surface area (Å²) in [6.07, 6.45) is 4.90. The van der Waals surface area contributed by atoms with Crippen LogP contribution in [-0.4, -0.2) is 41.1 Å². The summed E-state index contributed by atoms with van der Waals surface area (Å²) in [6, 6.07) is 9.40. The molecular formula is C25H27N7O4. The van der Waals surface area contributed by atoms with E-state index in [0.717, 1.165) is 17.7 Å². The van der Waals surface area contributed by atoms with E-state index in [2.05, 4.69) is 20.2 Å². The van der Waals surface area contributed by atoms with Gasteiger partial charge in [0.15, 0.2) is 11.4 Å². The van der Waals surface area contributed by atoms with Gasteiger partial charge in [-0.25, -0.2) is 9.78 Å². The molecular weight excluding hydrogens is 462 g/mol.